The Morgan fingerprint density at radius 1 is 1.12 bits per heavy atom. The predicted octanol–water partition coefficient (Wildman–Crippen LogP) is 3.07. The summed E-state index contributed by atoms with van der Waals surface area (Å²) >= 11 is 0. The summed E-state index contributed by atoms with van der Waals surface area (Å²) in [5.74, 6) is 0.909. The Hall–Kier alpha value is -0.0800. The van der Waals surface area contributed by atoms with Gasteiger partial charge in [-0.25, -0.2) is 0 Å². The number of likely N-dealkylation sites (N-methyl/N-ethyl adjacent to an activating group) is 1. The minimum absolute atomic E-state index is 0.264. The minimum atomic E-state index is 0.264. The van der Waals surface area contributed by atoms with E-state index in [1.54, 1.807) is 0 Å². The second kappa shape index (κ2) is 5.05. The van der Waals surface area contributed by atoms with Crippen LogP contribution in [0, 0.1) is 5.92 Å². The maximum atomic E-state index is 6.39. The summed E-state index contributed by atoms with van der Waals surface area (Å²) in [4.78, 5) is 2.43. The molecule has 0 amide bonds. The van der Waals surface area contributed by atoms with Crippen molar-refractivity contribution in [3.05, 3.63) is 0 Å². The van der Waals surface area contributed by atoms with Crippen LogP contribution in [-0.4, -0.2) is 36.7 Å². The second-order valence-corrected chi connectivity index (χ2v) is 5.56. The average molecular weight is 225 g/mol. The Morgan fingerprint density at radius 3 is 2.62 bits per heavy atom. The highest BCUT2D eigenvalue weighted by Crippen LogP contribution is 2.44. The summed E-state index contributed by atoms with van der Waals surface area (Å²) in [6.45, 7) is 6.41. The summed E-state index contributed by atoms with van der Waals surface area (Å²) in [5.41, 5.74) is 0.264. The van der Waals surface area contributed by atoms with Crippen LogP contribution in [0.1, 0.15) is 52.4 Å². The van der Waals surface area contributed by atoms with E-state index in [9.17, 15) is 0 Å². The molecule has 1 aliphatic carbocycles. The van der Waals surface area contributed by atoms with Crippen molar-refractivity contribution in [2.45, 2.75) is 64.1 Å². The molecular formula is C14H27NO. The van der Waals surface area contributed by atoms with Crippen LogP contribution >= 0.6 is 0 Å². The Morgan fingerprint density at radius 2 is 1.94 bits per heavy atom. The molecule has 2 heterocycles. The van der Waals surface area contributed by atoms with Gasteiger partial charge in [0.2, 0.25) is 0 Å². The quantitative estimate of drug-likeness (QED) is 0.628. The number of likely N-dealkylation sites (tertiary alicyclic amines) is 1. The Balaban J connectivity index is 0.000000457. The third kappa shape index (κ3) is 2.28. The molecule has 0 aromatic heterocycles. The smallest absolute Gasteiger partial charge is 0.0824 e. The molecule has 16 heavy (non-hydrogen) atoms. The molecule has 1 spiro atoms. The lowest BCUT2D eigenvalue weighted by atomic mass is 9.85. The molecule has 0 bridgehead atoms. The fourth-order valence-corrected chi connectivity index (χ4v) is 3.66. The first-order valence-electron chi connectivity index (χ1n) is 7.14. The summed E-state index contributed by atoms with van der Waals surface area (Å²) in [6, 6.07) is 0. The highest BCUT2D eigenvalue weighted by molar-refractivity contribution is 4.97. The summed E-state index contributed by atoms with van der Waals surface area (Å²) in [7, 11) is 2.22. The average Bonchev–Trinajstić information content (AvgIpc) is 2.89. The first-order valence-corrected chi connectivity index (χ1v) is 7.14. The van der Waals surface area contributed by atoms with E-state index in [1.807, 2.05) is 13.8 Å². The van der Waals surface area contributed by atoms with Gasteiger partial charge in [-0.05, 0) is 45.1 Å². The van der Waals surface area contributed by atoms with Crippen molar-refractivity contribution in [3.63, 3.8) is 0 Å². The number of nitrogens with zero attached hydrogens (tertiary/aromatic N) is 1. The number of ether oxygens (including phenoxy) is 1. The maximum Gasteiger partial charge on any atom is 0.0824 e. The third-order valence-electron chi connectivity index (χ3n) is 4.47. The van der Waals surface area contributed by atoms with Crippen LogP contribution in [0.15, 0.2) is 0 Å². The second-order valence-electron chi connectivity index (χ2n) is 5.56. The molecule has 0 N–H and O–H groups in total. The molecule has 3 atom stereocenters. The van der Waals surface area contributed by atoms with E-state index in [1.165, 1.54) is 51.6 Å². The van der Waals surface area contributed by atoms with Gasteiger partial charge >= 0.3 is 0 Å². The fourth-order valence-electron chi connectivity index (χ4n) is 3.66. The van der Waals surface area contributed by atoms with Gasteiger partial charge in [0.05, 0.1) is 11.7 Å². The van der Waals surface area contributed by atoms with Crippen LogP contribution in [0.3, 0.4) is 0 Å². The van der Waals surface area contributed by atoms with Crippen molar-refractivity contribution >= 4 is 0 Å². The van der Waals surface area contributed by atoms with Crippen LogP contribution in [0.5, 0.6) is 0 Å². The van der Waals surface area contributed by atoms with E-state index in [0.29, 0.717) is 6.10 Å². The zero-order chi connectivity index (χ0) is 11.6. The third-order valence-corrected chi connectivity index (χ3v) is 4.47. The van der Waals surface area contributed by atoms with Crippen LogP contribution in [0.25, 0.3) is 0 Å². The first-order chi connectivity index (χ1) is 7.77. The van der Waals surface area contributed by atoms with Crippen LogP contribution < -0.4 is 0 Å². The van der Waals surface area contributed by atoms with Gasteiger partial charge in [0.15, 0.2) is 0 Å². The fraction of sp³-hybridized carbons (Fsp3) is 1.00. The van der Waals surface area contributed by atoms with Gasteiger partial charge in [-0.15, -0.1) is 0 Å². The molecule has 3 fully saturated rings. The monoisotopic (exact) mass is 225 g/mol. The summed E-state index contributed by atoms with van der Waals surface area (Å²) in [6.07, 6.45) is 8.80. The molecule has 2 aliphatic heterocycles. The van der Waals surface area contributed by atoms with Crippen molar-refractivity contribution in [1.82, 2.24) is 4.90 Å². The van der Waals surface area contributed by atoms with Crippen molar-refractivity contribution in [2.24, 2.45) is 5.92 Å². The van der Waals surface area contributed by atoms with Gasteiger partial charge in [-0.2, -0.15) is 0 Å². The standard InChI is InChI=1S/C12H21NO.C2H6/c1-13-8-7-12(9-13)6-5-10-3-2-4-11(10)14-12;1-2/h10-11H,2-9H2,1H3;1-2H3. The van der Waals surface area contributed by atoms with E-state index < -0.39 is 0 Å². The molecule has 0 aromatic carbocycles. The molecule has 1 saturated carbocycles. The van der Waals surface area contributed by atoms with E-state index in [0.717, 1.165) is 5.92 Å². The SMILES string of the molecule is CC.CN1CCC2(CCC3CCCC3O2)C1. The lowest BCUT2D eigenvalue weighted by molar-refractivity contribution is -0.136. The number of hydrogen-bond donors (Lipinski definition) is 0. The van der Waals surface area contributed by atoms with Gasteiger partial charge in [0, 0.05) is 13.1 Å². The predicted molar refractivity (Wildman–Crippen MR) is 67.6 cm³/mol. The van der Waals surface area contributed by atoms with Crippen LogP contribution in [-0.2, 0) is 4.74 Å². The van der Waals surface area contributed by atoms with Gasteiger partial charge < -0.3 is 9.64 Å². The lowest BCUT2D eigenvalue weighted by Gasteiger charge is -2.40. The van der Waals surface area contributed by atoms with Crippen LogP contribution in [0.2, 0.25) is 0 Å². The molecule has 0 radical (unpaired) electrons. The van der Waals surface area contributed by atoms with E-state index in [4.69, 9.17) is 4.74 Å². The molecule has 3 aliphatic rings. The van der Waals surface area contributed by atoms with Gasteiger partial charge in [0.1, 0.15) is 0 Å². The Labute approximate surface area is 100 Å². The Kier molecular flexibility index (Phi) is 3.91. The minimum Gasteiger partial charge on any atom is -0.370 e. The van der Waals surface area contributed by atoms with E-state index in [2.05, 4.69) is 11.9 Å². The van der Waals surface area contributed by atoms with Gasteiger partial charge in [-0.3, -0.25) is 0 Å². The summed E-state index contributed by atoms with van der Waals surface area (Å²) < 4.78 is 6.39. The summed E-state index contributed by atoms with van der Waals surface area (Å²) in [5, 5.41) is 0. The maximum absolute atomic E-state index is 6.39. The van der Waals surface area contributed by atoms with E-state index in [-0.39, 0.29) is 5.60 Å². The highest BCUT2D eigenvalue weighted by Gasteiger charge is 2.46. The lowest BCUT2D eigenvalue weighted by Crippen LogP contribution is -2.44. The molecule has 2 nitrogen and oxygen atoms in total. The zero-order valence-electron chi connectivity index (χ0n) is 11.2. The molecule has 2 heteroatoms. The molecule has 2 saturated heterocycles. The van der Waals surface area contributed by atoms with E-state index >= 15 is 0 Å². The van der Waals surface area contributed by atoms with Crippen molar-refractivity contribution in [1.29, 1.82) is 0 Å². The topological polar surface area (TPSA) is 12.5 Å². The van der Waals surface area contributed by atoms with Crippen molar-refractivity contribution in [2.75, 3.05) is 20.1 Å². The molecule has 3 rings (SSSR count). The molecule has 0 aromatic rings. The van der Waals surface area contributed by atoms with Gasteiger partial charge in [-0.1, -0.05) is 20.3 Å². The largest absolute Gasteiger partial charge is 0.370 e. The zero-order valence-corrected chi connectivity index (χ0v) is 11.2. The number of hydrogen-bond acceptors (Lipinski definition) is 2. The molecular weight excluding hydrogens is 198 g/mol. The molecule has 94 valence electrons. The normalized spacial score (nSPS) is 42.9. The van der Waals surface area contributed by atoms with Crippen molar-refractivity contribution < 1.29 is 4.74 Å². The highest BCUT2D eigenvalue weighted by atomic mass is 16.5. The first kappa shape index (κ1) is 12.4. The van der Waals surface area contributed by atoms with Crippen molar-refractivity contribution in [3.8, 4) is 0 Å². The van der Waals surface area contributed by atoms with Crippen LogP contribution in [0.4, 0.5) is 0 Å². The van der Waals surface area contributed by atoms with Gasteiger partial charge in [0.25, 0.3) is 0 Å². The Bertz CT molecular complexity index is 231. The molecule has 3 unspecified atom stereocenters. The number of rotatable bonds is 0. The number of fused-ring (bicyclic) bond motifs is 1.